The van der Waals surface area contributed by atoms with Crippen LogP contribution in [-0.2, 0) is 35.1 Å². The van der Waals surface area contributed by atoms with Gasteiger partial charge in [0.25, 0.3) is 30.4 Å². The maximum Gasteiger partial charge on any atom is 0.296 e. The number of morpholine rings is 1. The normalized spacial score (nSPS) is 13.8. The summed E-state index contributed by atoms with van der Waals surface area (Å²) in [4.78, 5) is 11.5. The third kappa shape index (κ3) is 10.5. The number of aromatic nitrogens is 3. The van der Waals surface area contributed by atoms with Gasteiger partial charge >= 0.3 is 0 Å². The van der Waals surface area contributed by atoms with Crippen molar-refractivity contribution in [2.45, 2.75) is 21.6 Å². The van der Waals surface area contributed by atoms with Crippen LogP contribution < -0.4 is 10.2 Å². The number of rotatable bonds is 8. The minimum absolute atomic E-state index is 0. The molecule has 3 aromatic carbocycles. The van der Waals surface area contributed by atoms with Crippen molar-refractivity contribution in [3.8, 4) is 5.75 Å². The zero-order valence-corrected chi connectivity index (χ0v) is 35.4. The molecule has 5 rings (SSSR count). The van der Waals surface area contributed by atoms with Gasteiger partial charge in [-0.05, 0) is 59.8 Å². The number of halogens is 1. The molecule has 1 aliphatic heterocycles. The van der Waals surface area contributed by atoms with Gasteiger partial charge in [0, 0.05) is 107 Å². The SMILES string of the molecule is Cc1ccc(N=Nc2c(S(=O)(=O)O)cc3cc(S(=O)(=O)O)cc(Nc4nc(Cl)nc(N5CCOCC5)n4)c3c2O)c(S(=O)(=O)O)c1.[Na].[Na].[Na]. The van der Waals surface area contributed by atoms with Gasteiger partial charge in [-0.15, -0.1) is 10.2 Å². The van der Waals surface area contributed by atoms with Crippen molar-refractivity contribution in [1.82, 2.24) is 15.0 Å². The molecule has 1 aromatic heterocycles. The number of benzene rings is 3. The van der Waals surface area contributed by atoms with Crippen LogP contribution in [0.2, 0.25) is 5.28 Å². The molecule has 0 aliphatic carbocycles. The van der Waals surface area contributed by atoms with E-state index in [4.69, 9.17) is 16.3 Å². The Hall–Kier alpha value is -1.09. The molecule has 2 heterocycles. The molecule has 25 heteroatoms. The Morgan fingerprint density at radius 2 is 1.47 bits per heavy atom. The first kappa shape index (κ1) is 44.1. The standard InChI is InChI=1S/C24H22ClN7O11S3.3Na/c1-12-2-3-15(17(8-12)45(37,38)39)30-31-20-18(46(40,41)42)10-13-9-14(44(34,35)36)11-16(19(13)21(20)33)26-23-27-22(25)28-24(29-23)32-4-6-43-7-5-32;;;/h2-3,8-11,33H,4-7H2,1H3,(H,34,35,36)(H,37,38,39)(H,40,41,42)(H,26,27,28,29);;;. The molecule has 0 unspecified atom stereocenters. The van der Waals surface area contributed by atoms with Crippen molar-refractivity contribution in [3.05, 3.63) is 47.2 Å². The first-order valence-corrected chi connectivity index (χ1v) is 17.4. The third-order valence-corrected chi connectivity index (χ3v) is 9.24. The molecule has 0 atom stereocenters. The molecular weight excluding hydrogens is 763 g/mol. The second-order valence-electron chi connectivity index (χ2n) is 9.69. The van der Waals surface area contributed by atoms with Crippen molar-refractivity contribution < 1.29 is 48.8 Å². The van der Waals surface area contributed by atoms with Gasteiger partial charge < -0.3 is 20.1 Å². The van der Waals surface area contributed by atoms with Gasteiger partial charge in [-0.2, -0.15) is 40.2 Å². The van der Waals surface area contributed by atoms with E-state index in [-0.39, 0.29) is 122 Å². The van der Waals surface area contributed by atoms with Gasteiger partial charge in [0.2, 0.25) is 17.2 Å². The number of fused-ring (bicyclic) bond motifs is 1. The summed E-state index contributed by atoms with van der Waals surface area (Å²) >= 11 is 6.11. The van der Waals surface area contributed by atoms with Crippen molar-refractivity contribution in [1.29, 1.82) is 0 Å². The van der Waals surface area contributed by atoms with Crippen molar-refractivity contribution in [3.63, 3.8) is 0 Å². The quantitative estimate of drug-likeness (QED) is 0.0974. The first-order chi connectivity index (χ1) is 21.4. The van der Waals surface area contributed by atoms with Crippen LogP contribution in [-0.4, -0.2) is 174 Å². The fourth-order valence-electron chi connectivity index (χ4n) is 4.44. The number of nitrogens with one attached hydrogen (secondary N) is 1. The van der Waals surface area contributed by atoms with Gasteiger partial charge in [-0.1, -0.05) is 6.07 Å². The summed E-state index contributed by atoms with van der Waals surface area (Å²) in [5, 5.41) is 20.5. The Morgan fingerprint density at radius 1 is 0.837 bits per heavy atom. The van der Waals surface area contributed by atoms with Crippen LogP contribution in [0, 0.1) is 6.92 Å². The number of azo groups is 1. The van der Waals surface area contributed by atoms with E-state index in [9.17, 15) is 44.0 Å². The minimum atomic E-state index is -5.22. The second kappa shape index (κ2) is 17.2. The molecule has 49 heavy (non-hydrogen) atoms. The molecule has 0 spiro atoms. The molecule has 247 valence electrons. The summed E-state index contributed by atoms with van der Waals surface area (Å²) in [7, 11) is -15.0. The third-order valence-electron chi connectivity index (χ3n) is 6.49. The number of phenolic OH excluding ortho intramolecular Hbond substituents is 1. The van der Waals surface area contributed by atoms with E-state index in [1.807, 2.05) is 0 Å². The molecule has 5 N–H and O–H groups in total. The maximum atomic E-state index is 12.4. The Labute approximate surface area is 351 Å². The topological polar surface area (TPSA) is 271 Å². The van der Waals surface area contributed by atoms with E-state index in [0.29, 0.717) is 31.9 Å². The van der Waals surface area contributed by atoms with E-state index in [1.54, 1.807) is 4.90 Å². The van der Waals surface area contributed by atoms with E-state index in [0.717, 1.165) is 30.3 Å². The maximum absolute atomic E-state index is 12.4. The number of phenols is 1. The van der Waals surface area contributed by atoms with E-state index in [1.165, 1.54) is 13.0 Å². The van der Waals surface area contributed by atoms with Gasteiger partial charge in [0.1, 0.15) is 21.2 Å². The van der Waals surface area contributed by atoms with Crippen molar-refractivity contribution in [2.75, 3.05) is 36.5 Å². The number of anilines is 3. The first-order valence-electron chi connectivity index (χ1n) is 12.7. The summed E-state index contributed by atoms with van der Waals surface area (Å²) in [5.74, 6) is -1.12. The molecule has 3 radical (unpaired) electrons. The van der Waals surface area contributed by atoms with Crippen LogP contribution in [0.25, 0.3) is 10.8 Å². The van der Waals surface area contributed by atoms with Crippen LogP contribution in [0.5, 0.6) is 5.75 Å². The summed E-state index contributed by atoms with van der Waals surface area (Å²) in [6.07, 6.45) is 0. The predicted octanol–water partition coefficient (Wildman–Crippen LogP) is 2.29. The fraction of sp³-hybridized carbons (Fsp3) is 0.208. The van der Waals surface area contributed by atoms with Crippen LogP contribution in [0.3, 0.4) is 0 Å². The Bertz CT molecular complexity index is 2260. The smallest absolute Gasteiger partial charge is 0.296 e. The second-order valence-corrected chi connectivity index (χ2v) is 14.2. The van der Waals surface area contributed by atoms with E-state index >= 15 is 0 Å². The Morgan fingerprint density at radius 3 is 2.06 bits per heavy atom. The van der Waals surface area contributed by atoms with E-state index in [2.05, 4.69) is 30.5 Å². The van der Waals surface area contributed by atoms with Gasteiger partial charge in [-0.25, -0.2) is 0 Å². The number of aryl methyl sites for hydroxylation is 1. The van der Waals surface area contributed by atoms with Gasteiger partial charge in [0.05, 0.1) is 23.8 Å². The summed E-state index contributed by atoms with van der Waals surface area (Å²) in [6, 6.07) is 6.04. The van der Waals surface area contributed by atoms with E-state index < -0.39 is 62.2 Å². The molecule has 0 bridgehead atoms. The molecule has 1 fully saturated rings. The monoisotopic (exact) mass is 784 g/mol. The van der Waals surface area contributed by atoms with Crippen molar-refractivity contribution in [2.24, 2.45) is 10.2 Å². The van der Waals surface area contributed by atoms with Crippen LogP contribution in [0.1, 0.15) is 5.56 Å². The van der Waals surface area contributed by atoms with Gasteiger partial charge in [-0.3, -0.25) is 13.7 Å². The van der Waals surface area contributed by atoms with Crippen molar-refractivity contribution >= 4 is 170 Å². The number of nitrogens with zero attached hydrogens (tertiary/aromatic N) is 6. The number of hydrogen-bond donors (Lipinski definition) is 5. The zero-order chi connectivity index (χ0) is 33.6. The van der Waals surface area contributed by atoms with Crippen LogP contribution >= 0.6 is 11.6 Å². The molecular formula is C24H22ClN7Na3O11S3. The fourth-order valence-corrected chi connectivity index (χ4v) is 6.50. The largest absolute Gasteiger partial charge is 0.505 e. The molecule has 4 aromatic rings. The minimum Gasteiger partial charge on any atom is -0.505 e. The average Bonchev–Trinajstić information content (AvgIpc) is 2.95. The molecule has 1 saturated heterocycles. The molecule has 0 saturated carbocycles. The van der Waals surface area contributed by atoms with Crippen LogP contribution in [0.15, 0.2) is 61.3 Å². The predicted molar refractivity (Wildman–Crippen MR) is 179 cm³/mol. The molecule has 0 amide bonds. The Balaban J connectivity index is 0.00000278. The molecule has 1 aliphatic rings. The Kier molecular flexibility index (Phi) is 15.4. The zero-order valence-electron chi connectivity index (χ0n) is 26.2. The summed E-state index contributed by atoms with van der Waals surface area (Å²) in [6.45, 7) is 3.11. The summed E-state index contributed by atoms with van der Waals surface area (Å²) in [5.41, 5.74) is -1.25. The number of hydrogen-bond acceptors (Lipinski definition) is 15. The summed E-state index contributed by atoms with van der Waals surface area (Å²) < 4.78 is 108. The van der Waals surface area contributed by atoms with Crippen LogP contribution in [0.4, 0.5) is 29.0 Å². The average molecular weight is 785 g/mol. The number of aromatic hydroxyl groups is 1. The number of ether oxygens (including phenoxy) is 1. The molecule has 18 nitrogen and oxygen atoms in total. The van der Waals surface area contributed by atoms with Gasteiger partial charge in [0.15, 0.2) is 5.75 Å².